The average Bonchev–Trinajstić information content (AvgIpc) is 3.25. The third-order valence-electron chi connectivity index (χ3n) is 4.99. The number of nitrogens with zero attached hydrogens (tertiary/aromatic N) is 3. The molecule has 0 saturated carbocycles. The van der Waals surface area contributed by atoms with Gasteiger partial charge in [0.15, 0.2) is 17.6 Å². The molecule has 2 aromatic rings. The topological polar surface area (TPSA) is 44.6 Å². The highest BCUT2D eigenvalue weighted by Crippen LogP contribution is 2.26. The van der Waals surface area contributed by atoms with Crippen LogP contribution in [0.5, 0.6) is 0 Å². The molecule has 1 unspecified atom stereocenters. The van der Waals surface area contributed by atoms with E-state index in [1.807, 2.05) is 17.7 Å². The lowest BCUT2D eigenvalue weighted by atomic mass is 10.1. The lowest BCUT2D eigenvalue weighted by molar-refractivity contribution is 0.508. The van der Waals surface area contributed by atoms with Crippen LogP contribution in [0.4, 0.5) is 14.5 Å². The Hall–Kier alpha value is -1.26. The Morgan fingerprint density at radius 2 is 1.97 bits per heavy atom. The van der Waals surface area contributed by atoms with Gasteiger partial charge in [0.1, 0.15) is 5.15 Å². The molecule has 5 nitrogen and oxygen atoms in total. The number of rotatable bonds is 5. The maximum Gasteiger partial charge on any atom is 0.191 e. The van der Waals surface area contributed by atoms with Gasteiger partial charge in [-0.2, -0.15) is 0 Å². The van der Waals surface area contributed by atoms with Crippen molar-refractivity contribution in [3.63, 3.8) is 0 Å². The highest BCUT2D eigenvalue weighted by Gasteiger charge is 2.23. The Morgan fingerprint density at radius 1 is 1.21 bits per heavy atom. The molecule has 1 aliphatic heterocycles. The van der Waals surface area contributed by atoms with Crippen LogP contribution in [0.2, 0.25) is 10.2 Å². The molecule has 10 heteroatoms. The van der Waals surface area contributed by atoms with Gasteiger partial charge < -0.3 is 20.1 Å². The second kappa shape index (κ2) is 10.7. The molecule has 160 valence electrons. The van der Waals surface area contributed by atoms with Crippen LogP contribution < -0.4 is 15.5 Å². The fourth-order valence-electron chi connectivity index (χ4n) is 3.31. The minimum atomic E-state index is -0.822. The number of halogens is 5. The summed E-state index contributed by atoms with van der Waals surface area (Å²) in [6.45, 7) is 2.85. The van der Waals surface area contributed by atoms with Gasteiger partial charge in [-0.25, -0.2) is 8.78 Å². The van der Waals surface area contributed by atoms with E-state index in [0.29, 0.717) is 34.3 Å². The van der Waals surface area contributed by atoms with E-state index in [1.54, 1.807) is 13.1 Å². The average molecular weight is 558 g/mol. The molecule has 2 N–H and O–H groups in total. The van der Waals surface area contributed by atoms with Crippen molar-refractivity contribution in [3.05, 3.63) is 51.8 Å². The summed E-state index contributed by atoms with van der Waals surface area (Å²) in [5, 5.41) is 7.59. The number of aliphatic imine (C=N–C) groups is 1. The smallest absolute Gasteiger partial charge is 0.191 e. The van der Waals surface area contributed by atoms with Gasteiger partial charge in [0.2, 0.25) is 0 Å². The van der Waals surface area contributed by atoms with Crippen molar-refractivity contribution in [1.82, 2.24) is 15.2 Å². The summed E-state index contributed by atoms with van der Waals surface area (Å²) in [7, 11) is 3.56. The molecule has 2 heterocycles. The largest absolute Gasteiger partial charge is 0.371 e. The quantitative estimate of drug-likeness (QED) is 0.325. The van der Waals surface area contributed by atoms with Gasteiger partial charge in [0, 0.05) is 51.2 Å². The Labute approximate surface area is 196 Å². The Kier molecular flexibility index (Phi) is 8.84. The molecule has 1 atom stereocenters. The molecule has 1 aliphatic rings. The van der Waals surface area contributed by atoms with E-state index >= 15 is 0 Å². The molecule has 0 radical (unpaired) electrons. The van der Waals surface area contributed by atoms with Crippen LogP contribution in [-0.2, 0) is 13.6 Å². The van der Waals surface area contributed by atoms with Gasteiger partial charge in [-0.05, 0) is 30.5 Å². The van der Waals surface area contributed by atoms with Crippen LogP contribution in [0.3, 0.4) is 0 Å². The SMILES string of the molecule is CN=C(NCc1cc(Cl)c(Cl)n1C)NCC1CCN(c2ccc(F)c(F)c2)C1.I. The summed E-state index contributed by atoms with van der Waals surface area (Å²) in [5.74, 6) is -0.577. The molecule has 29 heavy (non-hydrogen) atoms. The van der Waals surface area contributed by atoms with Crippen LogP contribution in [0, 0.1) is 17.6 Å². The van der Waals surface area contributed by atoms with E-state index in [-0.39, 0.29) is 24.0 Å². The lowest BCUT2D eigenvalue weighted by Gasteiger charge is -2.19. The molecule has 3 rings (SSSR count). The molecule has 1 aromatic heterocycles. The summed E-state index contributed by atoms with van der Waals surface area (Å²) >= 11 is 12.1. The number of guanidine groups is 1. The van der Waals surface area contributed by atoms with Gasteiger partial charge >= 0.3 is 0 Å². The molecule has 1 saturated heterocycles. The zero-order valence-electron chi connectivity index (χ0n) is 16.2. The first-order chi connectivity index (χ1) is 13.4. The highest BCUT2D eigenvalue weighted by atomic mass is 127. The van der Waals surface area contributed by atoms with E-state index in [4.69, 9.17) is 23.2 Å². The number of benzene rings is 1. The van der Waals surface area contributed by atoms with Crippen molar-refractivity contribution in [3.8, 4) is 0 Å². The van der Waals surface area contributed by atoms with Crippen LogP contribution in [0.25, 0.3) is 0 Å². The zero-order chi connectivity index (χ0) is 20.3. The Bertz CT molecular complexity index is 875. The van der Waals surface area contributed by atoms with Gasteiger partial charge in [0.25, 0.3) is 0 Å². The molecule has 0 spiro atoms. The number of hydrogen-bond donors (Lipinski definition) is 2. The lowest BCUT2D eigenvalue weighted by Crippen LogP contribution is -2.40. The summed E-state index contributed by atoms with van der Waals surface area (Å²) in [6.07, 6.45) is 0.964. The second-order valence-corrected chi connectivity index (χ2v) is 7.60. The van der Waals surface area contributed by atoms with Crippen LogP contribution in [0.1, 0.15) is 12.1 Å². The second-order valence-electron chi connectivity index (χ2n) is 6.84. The molecule has 1 aromatic carbocycles. The third kappa shape index (κ3) is 5.88. The number of nitrogens with one attached hydrogen (secondary N) is 2. The van der Waals surface area contributed by atoms with Crippen LogP contribution in [-0.4, -0.2) is 37.2 Å². The fourth-order valence-corrected chi connectivity index (χ4v) is 3.73. The molecular weight excluding hydrogens is 534 g/mol. The van der Waals surface area contributed by atoms with Crippen molar-refractivity contribution in [1.29, 1.82) is 0 Å². The summed E-state index contributed by atoms with van der Waals surface area (Å²) in [4.78, 5) is 6.30. The minimum absolute atomic E-state index is 0. The van der Waals surface area contributed by atoms with E-state index in [0.717, 1.165) is 31.7 Å². The van der Waals surface area contributed by atoms with Crippen molar-refractivity contribution in [2.45, 2.75) is 13.0 Å². The van der Waals surface area contributed by atoms with E-state index in [1.165, 1.54) is 12.1 Å². The van der Waals surface area contributed by atoms with Crippen molar-refractivity contribution in [2.75, 3.05) is 31.6 Å². The van der Waals surface area contributed by atoms with Gasteiger partial charge in [-0.15, -0.1) is 24.0 Å². The predicted octanol–water partition coefficient (Wildman–Crippen LogP) is 4.42. The first-order valence-electron chi connectivity index (χ1n) is 9.03. The molecule has 0 bridgehead atoms. The van der Waals surface area contributed by atoms with Crippen molar-refractivity contribution >= 4 is 58.8 Å². The summed E-state index contributed by atoms with van der Waals surface area (Å²) < 4.78 is 28.4. The Balaban J connectivity index is 0.00000300. The molecule has 0 aliphatic carbocycles. The number of aromatic nitrogens is 1. The minimum Gasteiger partial charge on any atom is -0.371 e. The van der Waals surface area contributed by atoms with Crippen LogP contribution in [0.15, 0.2) is 29.3 Å². The summed E-state index contributed by atoms with van der Waals surface area (Å²) in [6, 6.07) is 5.86. The zero-order valence-corrected chi connectivity index (χ0v) is 20.0. The summed E-state index contributed by atoms with van der Waals surface area (Å²) in [5.41, 5.74) is 1.66. The third-order valence-corrected chi connectivity index (χ3v) is 5.83. The van der Waals surface area contributed by atoms with Gasteiger partial charge in [0.05, 0.1) is 11.6 Å². The maximum absolute atomic E-state index is 13.5. The van der Waals surface area contributed by atoms with E-state index < -0.39 is 11.6 Å². The van der Waals surface area contributed by atoms with Crippen molar-refractivity contribution in [2.24, 2.45) is 18.0 Å². The van der Waals surface area contributed by atoms with E-state index in [9.17, 15) is 8.78 Å². The van der Waals surface area contributed by atoms with Gasteiger partial charge in [-0.1, -0.05) is 23.2 Å². The van der Waals surface area contributed by atoms with Crippen LogP contribution >= 0.6 is 47.2 Å². The standard InChI is InChI=1S/C19H23Cl2F2N5.HI/c1-24-19(26-10-14-7-15(20)18(21)27(14)2)25-9-12-5-6-28(11-12)13-3-4-16(22)17(23)8-13;/h3-4,7-8,12H,5-6,9-11H2,1-2H3,(H2,24,25,26);1H. The predicted molar refractivity (Wildman–Crippen MR) is 126 cm³/mol. The normalized spacial score (nSPS) is 16.7. The molecule has 0 amide bonds. The molecule has 1 fully saturated rings. The highest BCUT2D eigenvalue weighted by molar-refractivity contribution is 14.0. The number of anilines is 1. The first-order valence-corrected chi connectivity index (χ1v) is 9.78. The fraction of sp³-hybridized carbons (Fsp3) is 0.421. The van der Waals surface area contributed by atoms with Crippen molar-refractivity contribution < 1.29 is 8.78 Å². The van der Waals surface area contributed by atoms with E-state index in [2.05, 4.69) is 20.5 Å². The van der Waals surface area contributed by atoms with Gasteiger partial charge in [-0.3, -0.25) is 4.99 Å². The first kappa shape index (κ1) is 24.0. The molecular formula is C19H24Cl2F2IN5. The number of hydrogen-bond acceptors (Lipinski definition) is 2. The monoisotopic (exact) mass is 557 g/mol. The Morgan fingerprint density at radius 3 is 2.59 bits per heavy atom. The maximum atomic E-state index is 13.5.